The lowest BCUT2D eigenvalue weighted by molar-refractivity contribution is -0.134. The maximum absolute atomic E-state index is 12.2. The number of piperidine rings is 1. The number of carbonyl (C=O) groups is 2. The predicted molar refractivity (Wildman–Crippen MR) is 103 cm³/mol. The number of urea groups is 1. The fourth-order valence-electron chi connectivity index (χ4n) is 2.88. The summed E-state index contributed by atoms with van der Waals surface area (Å²) in [6, 6.07) is 12.9. The van der Waals surface area contributed by atoms with Crippen molar-refractivity contribution in [3.8, 4) is 5.75 Å². The fraction of sp³-hybridized carbons (Fsp3) is 0.368. The minimum atomic E-state index is -0.179. The van der Waals surface area contributed by atoms with Crippen LogP contribution in [-0.2, 0) is 4.79 Å². The second-order valence-corrected chi connectivity index (χ2v) is 7.19. The second-order valence-electron chi connectivity index (χ2n) is 6.24. The summed E-state index contributed by atoms with van der Waals surface area (Å²) in [4.78, 5) is 25.9. The number of para-hydroxylation sites is 1. The van der Waals surface area contributed by atoms with E-state index in [4.69, 9.17) is 4.74 Å². The first kappa shape index (κ1) is 18.3. The molecular weight excluding hydrogens is 350 g/mol. The molecule has 6 nitrogen and oxygen atoms in total. The summed E-state index contributed by atoms with van der Waals surface area (Å²) >= 11 is 1.49. The monoisotopic (exact) mass is 373 g/mol. The highest BCUT2D eigenvalue weighted by atomic mass is 32.1. The van der Waals surface area contributed by atoms with Gasteiger partial charge in [-0.2, -0.15) is 0 Å². The summed E-state index contributed by atoms with van der Waals surface area (Å²) in [6.45, 7) is 2.10. The highest BCUT2D eigenvalue weighted by Crippen LogP contribution is 2.18. The maximum atomic E-state index is 12.2. The van der Waals surface area contributed by atoms with Gasteiger partial charge in [-0.1, -0.05) is 18.2 Å². The van der Waals surface area contributed by atoms with E-state index in [1.165, 1.54) is 11.3 Å². The number of benzene rings is 1. The van der Waals surface area contributed by atoms with Crippen LogP contribution >= 0.6 is 11.3 Å². The van der Waals surface area contributed by atoms with Crippen LogP contribution in [0, 0.1) is 5.92 Å². The van der Waals surface area contributed by atoms with Gasteiger partial charge in [0.2, 0.25) is 0 Å². The van der Waals surface area contributed by atoms with Gasteiger partial charge in [0.05, 0.1) is 5.00 Å². The summed E-state index contributed by atoms with van der Waals surface area (Å²) in [5, 5.41) is 8.47. The first-order chi connectivity index (χ1) is 12.7. The van der Waals surface area contributed by atoms with Crippen LogP contribution < -0.4 is 15.4 Å². The number of thiophene rings is 1. The van der Waals surface area contributed by atoms with Crippen molar-refractivity contribution in [1.29, 1.82) is 0 Å². The van der Waals surface area contributed by atoms with Crippen molar-refractivity contribution < 1.29 is 14.3 Å². The zero-order valence-electron chi connectivity index (χ0n) is 14.5. The number of ether oxygens (including phenoxy) is 1. The molecule has 0 spiro atoms. The number of hydrogen-bond donors (Lipinski definition) is 2. The molecule has 1 aromatic carbocycles. The number of nitrogens with one attached hydrogen (secondary N) is 2. The van der Waals surface area contributed by atoms with Gasteiger partial charge < -0.3 is 15.0 Å². The largest absolute Gasteiger partial charge is 0.484 e. The molecule has 0 atom stereocenters. The van der Waals surface area contributed by atoms with Gasteiger partial charge in [-0.15, -0.1) is 11.3 Å². The first-order valence-electron chi connectivity index (χ1n) is 8.74. The molecular formula is C19H23N3O3S. The van der Waals surface area contributed by atoms with Gasteiger partial charge >= 0.3 is 6.03 Å². The van der Waals surface area contributed by atoms with Gasteiger partial charge in [0, 0.05) is 19.6 Å². The van der Waals surface area contributed by atoms with Crippen molar-refractivity contribution in [3.63, 3.8) is 0 Å². The first-order valence-corrected chi connectivity index (χ1v) is 9.62. The molecule has 0 unspecified atom stereocenters. The zero-order chi connectivity index (χ0) is 18.2. The molecule has 1 saturated heterocycles. The van der Waals surface area contributed by atoms with Gasteiger partial charge in [0.15, 0.2) is 6.61 Å². The smallest absolute Gasteiger partial charge is 0.319 e. The minimum Gasteiger partial charge on any atom is -0.484 e. The molecule has 0 saturated carbocycles. The molecule has 138 valence electrons. The molecule has 2 heterocycles. The highest BCUT2D eigenvalue weighted by Gasteiger charge is 2.23. The molecule has 2 aromatic rings. The molecule has 1 aliphatic rings. The average Bonchev–Trinajstić information content (AvgIpc) is 3.18. The van der Waals surface area contributed by atoms with E-state index in [-0.39, 0.29) is 18.5 Å². The summed E-state index contributed by atoms with van der Waals surface area (Å²) in [6.07, 6.45) is 1.77. The lowest BCUT2D eigenvalue weighted by Crippen LogP contribution is -2.43. The van der Waals surface area contributed by atoms with E-state index in [0.717, 1.165) is 17.8 Å². The Balaban J connectivity index is 1.33. The van der Waals surface area contributed by atoms with Crippen LogP contribution in [-0.4, -0.2) is 43.1 Å². The van der Waals surface area contributed by atoms with Crippen molar-refractivity contribution in [2.24, 2.45) is 5.92 Å². The maximum Gasteiger partial charge on any atom is 0.319 e. The lowest BCUT2D eigenvalue weighted by atomic mass is 9.97. The van der Waals surface area contributed by atoms with Gasteiger partial charge in [0.1, 0.15) is 5.75 Å². The van der Waals surface area contributed by atoms with Crippen LogP contribution in [0.25, 0.3) is 0 Å². The van der Waals surface area contributed by atoms with E-state index in [9.17, 15) is 9.59 Å². The Labute approximate surface area is 157 Å². The van der Waals surface area contributed by atoms with Crippen molar-refractivity contribution in [2.45, 2.75) is 12.8 Å². The normalized spacial score (nSPS) is 14.7. The Hall–Kier alpha value is -2.54. The molecule has 2 N–H and O–H groups in total. The third kappa shape index (κ3) is 5.49. The number of hydrogen-bond acceptors (Lipinski definition) is 4. The molecule has 26 heavy (non-hydrogen) atoms. The Bertz CT molecular complexity index is 698. The Kier molecular flexibility index (Phi) is 6.49. The molecule has 0 radical (unpaired) electrons. The van der Waals surface area contributed by atoms with E-state index < -0.39 is 0 Å². The molecule has 0 bridgehead atoms. The third-order valence-corrected chi connectivity index (χ3v) is 5.17. The van der Waals surface area contributed by atoms with E-state index >= 15 is 0 Å². The predicted octanol–water partition coefficient (Wildman–Crippen LogP) is 3.19. The van der Waals surface area contributed by atoms with E-state index in [1.807, 2.05) is 52.7 Å². The van der Waals surface area contributed by atoms with Gasteiger partial charge in [-0.25, -0.2) is 4.79 Å². The van der Waals surface area contributed by atoms with Crippen molar-refractivity contribution in [1.82, 2.24) is 10.2 Å². The Morgan fingerprint density at radius 2 is 1.88 bits per heavy atom. The van der Waals surface area contributed by atoms with E-state index in [1.54, 1.807) is 0 Å². The number of rotatable bonds is 6. The SMILES string of the molecule is O=C(NCC1CCN(C(=O)COc2ccccc2)CC1)Nc1cccs1. The minimum absolute atomic E-state index is 0.00991. The summed E-state index contributed by atoms with van der Waals surface area (Å²) in [5.41, 5.74) is 0. The lowest BCUT2D eigenvalue weighted by Gasteiger charge is -2.32. The van der Waals surface area contributed by atoms with Crippen molar-refractivity contribution in [3.05, 3.63) is 47.8 Å². The molecule has 3 rings (SSSR count). The van der Waals surface area contributed by atoms with Crippen molar-refractivity contribution >= 4 is 28.3 Å². The number of anilines is 1. The van der Waals surface area contributed by atoms with Crippen LogP contribution in [0.4, 0.5) is 9.80 Å². The molecule has 1 fully saturated rings. The second kappa shape index (κ2) is 9.24. The number of carbonyl (C=O) groups excluding carboxylic acids is 2. The summed E-state index contributed by atoms with van der Waals surface area (Å²) < 4.78 is 5.52. The van der Waals surface area contributed by atoms with Crippen LogP contribution in [0.15, 0.2) is 47.8 Å². The van der Waals surface area contributed by atoms with Crippen LogP contribution in [0.3, 0.4) is 0 Å². The zero-order valence-corrected chi connectivity index (χ0v) is 15.3. The highest BCUT2D eigenvalue weighted by molar-refractivity contribution is 7.14. The summed E-state index contributed by atoms with van der Waals surface area (Å²) in [7, 11) is 0. The van der Waals surface area contributed by atoms with Gasteiger partial charge in [-0.05, 0) is 48.4 Å². The topological polar surface area (TPSA) is 70.7 Å². The van der Waals surface area contributed by atoms with Crippen LogP contribution in [0.5, 0.6) is 5.75 Å². The molecule has 3 amide bonds. The third-order valence-electron chi connectivity index (χ3n) is 4.38. The van der Waals surface area contributed by atoms with E-state index in [2.05, 4.69) is 10.6 Å². The van der Waals surface area contributed by atoms with Gasteiger partial charge in [0.25, 0.3) is 5.91 Å². The van der Waals surface area contributed by atoms with E-state index in [0.29, 0.717) is 31.3 Å². The fourth-order valence-corrected chi connectivity index (χ4v) is 3.49. The average molecular weight is 373 g/mol. The standard InChI is InChI=1S/C19H23N3O3S/c23-18(14-25-16-5-2-1-3-6-16)22-10-8-15(9-11-22)13-20-19(24)21-17-7-4-12-26-17/h1-7,12,15H,8-11,13-14H2,(H2,20,21,24). The number of likely N-dealkylation sites (tertiary alicyclic amines) is 1. The molecule has 0 aliphatic carbocycles. The Morgan fingerprint density at radius 1 is 1.12 bits per heavy atom. The van der Waals surface area contributed by atoms with Gasteiger partial charge in [-0.3, -0.25) is 10.1 Å². The number of amides is 3. The molecule has 1 aromatic heterocycles. The van der Waals surface area contributed by atoms with Crippen molar-refractivity contribution in [2.75, 3.05) is 31.6 Å². The Morgan fingerprint density at radius 3 is 2.58 bits per heavy atom. The van der Waals surface area contributed by atoms with Crippen LogP contribution in [0.2, 0.25) is 0 Å². The quantitative estimate of drug-likeness (QED) is 0.817. The molecule has 1 aliphatic heterocycles. The molecule has 7 heteroatoms. The number of nitrogens with zero attached hydrogens (tertiary/aromatic N) is 1. The van der Waals surface area contributed by atoms with Crippen LogP contribution in [0.1, 0.15) is 12.8 Å². The summed E-state index contributed by atoms with van der Waals surface area (Å²) in [5.74, 6) is 1.11.